The van der Waals surface area contributed by atoms with Crippen LogP contribution in [0.15, 0.2) is 62.2 Å². The molecule has 240 valence electrons. The number of piperidine rings is 1. The molecule has 0 spiro atoms. The Balaban J connectivity index is 1.36. The molecule has 2 aliphatic rings. The maximum Gasteiger partial charge on any atom is 0.519 e. The van der Waals surface area contributed by atoms with Crippen molar-refractivity contribution < 1.29 is 28.0 Å². The first-order chi connectivity index (χ1) is 21.5. The van der Waals surface area contributed by atoms with Crippen LogP contribution < -0.4 is 20.8 Å². The van der Waals surface area contributed by atoms with Crippen LogP contribution in [0.2, 0.25) is 0 Å². The molecule has 1 aromatic heterocycles. The molecule has 0 unspecified atom stereocenters. The Labute approximate surface area is 263 Å². The van der Waals surface area contributed by atoms with E-state index in [0.717, 1.165) is 24.9 Å². The second-order valence-electron chi connectivity index (χ2n) is 12.4. The van der Waals surface area contributed by atoms with Gasteiger partial charge in [0, 0.05) is 49.3 Å². The summed E-state index contributed by atoms with van der Waals surface area (Å²) in [6.45, 7) is 11.5. The zero-order valence-electron chi connectivity index (χ0n) is 26.6. The smallest absolute Gasteiger partial charge is 0.476 e. The molecule has 45 heavy (non-hydrogen) atoms. The van der Waals surface area contributed by atoms with Gasteiger partial charge in [0.25, 0.3) is 11.8 Å². The van der Waals surface area contributed by atoms with E-state index in [9.17, 15) is 19.2 Å². The van der Waals surface area contributed by atoms with Gasteiger partial charge in [-0.3, -0.25) is 19.3 Å². The zero-order chi connectivity index (χ0) is 32.3. The maximum absolute atomic E-state index is 14.2. The first-order valence-corrected chi connectivity index (χ1v) is 15.6. The van der Waals surface area contributed by atoms with E-state index < -0.39 is 11.4 Å². The molecule has 0 radical (unpaired) electrons. The van der Waals surface area contributed by atoms with E-state index in [1.54, 1.807) is 43.9 Å². The van der Waals surface area contributed by atoms with Crippen molar-refractivity contribution in [1.29, 1.82) is 0 Å². The summed E-state index contributed by atoms with van der Waals surface area (Å²) in [5.74, 6) is 0.175. The van der Waals surface area contributed by atoms with E-state index in [-0.39, 0.29) is 42.9 Å². The van der Waals surface area contributed by atoms with Crippen molar-refractivity contribution in [1.82, 2.24) is 15.1 Å². The average molecular weight is 619 g/mol. The Bertz CT molecular complexity index is 1590. The molecule has 3 aromatic rings. The number of fused-ring (bicyclic) bond motifs is 1. The highest BCUT2D eigenvalue weighted by Crippen LogP contribution is 2.39. The maximum atomic E-state index is 14.2. The summed E-state index contributed by atoms with van der Waals surface area (Å²) >= 11 is 0. The van der Waals surface area contributed by atoms with Crippen LogP contribution in [0, 0.1) is 0 Å². The molecule has 11 heteroatoms. The minimum atomic E-state index is -1.09. The minimum absolute atomic E-state index is 0.0849. The number of nitrogens with zero attached hydrogens (tertiary/aromatic N) is 3. The van der Waals surface area contributed by atoms with Gasteiger partial charge in [-0.15, -0.1) is 0 Å². The second kappa shape index (κ2) is 13.3. The summed E-state index contributed by atoms with van der Waals surface area (Å²) in [7, 11) is 0. The van der Waals surface area contributed by atoms with Crippen LogP contribution in [0.25, 0.3) is 11.3 Å². The van der Waals surface area contributed by atoms with Crippen molar-refractivity contribution in [2.45, 2.75) is 78.1 Å². The van der Waals surface area contributed by atoms with Crippen LogP contribution >= 0.6 is 0 Å². The SMILES string of the molecule is CCC(=O)NCCN1C(=O)C(C)(C)Oc2ccc(C(=O)N(C(C)C)[C@@H]3CCCN(Cc4oc(=O)oc4-c4ccccc4)C3)cc21. The molecule has 3 heterocycles. The lowest BCUT2D eigenvalue weighted by Gasteiger charge is -2.42. The van der Waals surface area contributed by atoms with Crippen molar-refractivity contribution in [3.05, 3.63) is 70.5 Å². The van der Waals surface area contributed by atoms with Gasteiger partial charge in [0.15, 0.2) is 17.1 Å². The van der Waals surface area contributed by atoms with Crippen LogP contribution in [-0.2, 0) is 16.1 Å². The van der Waals surface area contributed by atoms with E-state index in [1.807, 2.05) is 49.1 Å². The van der Waals surface area contributed by atoms with Crippen molar-refractivity contribution in [2.75, 3.05) is 31.1 Å². The van der Waals surface area contributed by atoms with Crippen LogP contribution in [-0.4, -0.2) is 71.4 Å². The highest BCUT2D eigenvalue weighted by molar-refractivity contribution is 6.04. The summed E-state index contributed by atoms with van der Waals surface area (Å²) in [6.07, 6.45) is 2.04. The number of likely N-dealkylation sites (tertiary alicyclic amines) is 1. The van der Waals surface area contributed by atoms with E-state index in [0.29, 0.717) is 48.0 Å². The molecule has 0 bridgehead atoms. The predicted octanol–water partition coefficient (Wildman–Crippen LogP) is 4.45. The molecule has 3 amide bonds. The average Bonchev–Trinajstić information content (AvgIpc) is 3.38. The fourth-order valence-electron chi connectivity index (χ4n) is 6.15. The number of carbonyl (C=O) groups excluding carboxylic acids is 3. The first-order valence-electron chi connectivity index (χ1n) is 15.6. The third-order valence-corrected chi connectivity index (χ3v) is 8.31. The summed E-state index contributed by atoms with van der Waals surface area (Å²) < 4.78 is 16.9. The number of ether oxygens (including phenoxy) is 1. The van der Waals surface area contributed by atoms with Crippen molar-refractivity contribution in [3.63, 3.8) is 0 Å². The number of hydrogen-bond donors (Lipinski definition) is 1. The molecular formula is C34H42N4O7. The van der Waals surface area contributed by atoms with E-state index in [4.69, 9.17) is 13.6 Å². The van der Waals surface area contributed by atoms with Crippen molar-refractivity contribution in [3.8, 4) is 17.1 Å². The first kappa shape index (κ1) is 32.0. The molecule has 5 rings (SSSR count). The summed E-state index contributed by atoms with van der Waals surface area (Å²) in [4.78, 5) is 57.1. The second-order valence-corrected chi connectivity index (χ2v) is 12.4. The molecule has 1 atom stereocenters. The van der Waals surface area contributed by atoms with Gasteiger partial charge in [0.1, 0.15) is 5.75 Å². The highest BCUT2D eigenvalue weighted by atomic mass is 16.6. The Morgan fingerprint density at radius 1 is 1.09 bits per heavy atom. The standard InChI is InChI=1S/C34H42N4O7/c1-6-29(39)35-16-18-37-26-19-24(14-15-27(26)45-34(4,5)32(37)41)31(40)38(22(2)3)25-13-10-17-36(20-25)21-28-30(44-33(42)43-28)23-11-8-7-9-12-23/h7-9,11-12,14-15,19,22,25H,6,10,13,16-18,20-21H2,1-5H3,(H,35,39)/t25-/m1/s1. The van der Waals surface area contributed by atoms with E-state index in [1.165, 1.54) is 0 Å². The number of carbonyl (C=O) groups is 3. The quantitative estimate of drug-likeness (QED) is 0.354. The van der Waals surface area contributed by atoms with Crippen molar-refractivity contribution in [2.24, 2.45) is 0 Å². The number of anilines is 1. The largest absolute Gasteiger partial charge is 0.519 e. The molecular weight excluding hydrogens is 576 g/mol. The van der Waals surface area contributed by atoms with Gasteiger partial charge in [-0.05, 0) is 65.3 Å². The molecule has 0 saturated carbocycles. The van der Waals surface area contributed by atoms with Crippen LogP contribution in [0.1, 0.15) is 70.0 Å². The van der Waals surface area contributed by atoms with Gasteiger partial charge >= 0.3 is 5.82 Å². The summed E-state index contributed by atoms with van der Waals surface area (Å²) in [5, 5.41) is 2.82. The van der Waals surface area contributed by atoms with E-state index >= 15 is 0 Å². The van der Waals surface area contributed by atoms with E-state index in [2.05, 4.69) is 10.2 Å². The molecule has 1 N–H and O–H groups in total. The Morgan fingerprint density at radius 3 is 2.56 bits per heavy atom. The summed E-state index contributed by atoms with van der Waals surface area (Å²) in [6, 6.07) is 14.4. The molecule has 2 aromatic carbocycles. The lowest BCUT2D eigenvalue weighted by atomic mass is 9.99. The van der Waals surface area contributed by atoms with Gasteiger partial charge in [-0.25, -0.2) is 4.79 Å². The molecule has 1 fully saturated rings. The molecule has 2 aliphatic heterocycles. The van der Waals surface area contributed by atoms with Crippen LogP contribution in [0.4, 0.5) is 5.69 Å². The van der Waals surface area contributed by atoms with Gasteiger partial charge in [0.05, 0.1) is 12.2 Å². The number of rotatable bonds is 10. The fourth-order valence-corrected chi connectivity index (χ4v) is 6.15. The van der Waals surface area contributed by atoms with Gasteiger partial charge in [-0.2, -0.15) is 0 Å². The highest BCUT2D eigenvalue weighted by Gasteiger charge is 2.41. The third kappa shape index (κ3) is 6.98. The topological polar surface area (TPSA) is 126 Å². The number of hydrogen-bond acceptors (Lipinski definition) is 8. The van der Waals surface area contributed by atoms with Crippen LogP contribution in [0.5, 0.6) is 5.75 Å². The molecule has 0 aliphatic carbocycles. The summed E-state index contributed by atoms with van der Waals surface area (Å²) in [5.41, 5.74) is 0.641. The lowest BCUT2D eigenvalue weighted by Crippen LogP contribution is -2.54. The minimum Gasteiger partial charge on any atom is -0.476 e. The lowest BCUT2D eigenvalue weighted by molar-refractivity contribution is -0.132. The zero-order valence-corrected chi connectivity index (χ0v) is 26.6. The number of amides is 3. The van der Waals surface area contributed by atoms with Crippen molar-refractivity contribution >= 4 is 23.4 Å². The number of nitrogens with one attached hydrogen (secondary N) is 1. The van der Waals surface area contributed by atoms with Gasteiger partial charge < -0.3 is 28.7 Å². The monoisotopic (exact) mass is 618 g/mol. The van der Waals surface area contributed by atoms with Crippen LogP contribution in [0.3, 0.4) is 0 Å². The Kier molecular flexibility index (Phi) is 9.48. The Hall–Kier alpha value is -4.38. The molecule has 11 nitrogen and oxygen atoms in total. The number of benzene rings is 2. The normalized spacial score (nSPS) is 18.0. The Morgan fingerprint density at radius 2 is 1.84 bits per heavy atom. The third-order valence-electron chi connectivity index (χ3n) is 8.31. The fraction of sp³-hybridized carbons (Fsp3) is 0.471. The predicted molar refractivity (Wildman–Crippen MR) is 169 cm³/mol. The molecule has 1 saturated heterocycles. The van der Waals surface area contributed by atoms with Gasteiger partial charge in [-0.1, -0.05) is 37.3 Å². The van der Waals surface area contributed by atoms with Gasteiger partial charge in [0.2, 0.25) is 5.91 Å².